The lowest BCUT2D eigenvalue weighted by molar-refractivity contribution is -0.384. The Bertz CT molecular complexity index is 1070. The van der Waals surface area contributed by atoms with Crippen molar-refractivity contribution in [1.29, 1.82) is 0 Å². The first kappa shape index (κ1) is 29.0. The molecule has 10 atom stereocenters. The summed E-state index contributed by atoms with van der Waals surface area (Å²) in [6, 6.07) is 4.40. The molecule has 37 heavy (non-hydrogen) atoms. The van der Waals surface area contributed by atoms with Gasteiger partial charge in [0.25, 0.3) is 5.69 Å². The zero-order valence-corrected chi connectivity index (χ0v) is 19.2. The Labute approximate surface area is 207 Å². The minimum atomic E-state index is -5.06. The lowest BCUT2D eigenvalue weighted by Gasteiger charge is -2.45. The van der Waals surface area contributed by atoms with E-state index in [0.29, 0.717) is 0 Å². The number of carbonyl (C=O) groups is 1. The molecule has 2 heterocycles. The first-order valence-electron chi connectivity index (χ1n) is 10.3. The number of carboxylic acids is 1. The van der Waals surface area contributed by atoms with Gasteiger partial charge in [-0.15, -0.1) is 0 Å². The van der Waals surface area contributed by atoms with E-state index in [-0.39, 0.29) is 11.4 Å². The lowest BCUT2D eigenvalue weighted by Crippen LogP contribution is -2.65. The molecule has 0 amide bonds. The summed E-state index contributed by atoms with van der Waals surface area (Å²) >= 11 is 0. The number of non-ortho nitro benzene ring substituents is 1. The van der Waals surface area contributed by atoms with Crippen LogP contribution in [0.5, 0.6) is 5.75 Å². The highest BCUT2D eigenvalue weighted by atomic mass is 32.3. The van der Waals surface area contributed by atoms with E-state index >= 15 is 0 Å². The summed E-state index contributed by atoms with van der Waals surface area (Å²) in [6.45, 7) is -1.07. The molecule has 0 aromatic heterocycles. The fourth-order valence-corrected chi connectivity index (χ4v) is 3.86. The van der Waals surface area contributed by atoms with Crippen molar-refractivity contribution in [2.24, 2.45) is 0 Å². The average Bonchev–Trinajstić information content (AvgIpc) is 2.82. The van der Waals surface area contributed by atoms with Gasteiger partial charge in [-0.2, -0.15) is 8.42 Å². The van der Waals surface area contributed by atoms with E-state index in [1.54, 1.807) is 0 Å². The quantitative estimate of drug-likeness (QED) is 0.0881. The number of aliphatic hydroxyl groups excluding tert-OH is 5. The Morgan fingerprint density at radius 1 is 0.946 bits per heavy atom. The first-order chi connectivity index (χ1) is 17.2. The fraction of sp³-hybridized carbons (Fsp3) is 0.611. The normalized spacial score (nSPS) is 36.6. The molecule has 0 saturated carbocycles. The van der Waals surface area contributed by atoms with E-state index in [1.165, 1.54) is 0 Å². The van der Waals surface area contributed by atoms with E-state index in [1.807, 2.05) is 0 Å². The van der Waals surface area contributed by atoms with Crippen LogP contribution in [0.4, 0.5) is 5.69 Å². The lowest BCUT2D eigenvalue weighted by atomic mass is 9.97. The molecule has 2 aliphatic heterocycles. The van der Waals surface area contributed by atoms with Gasteiger partial charge in [-0.05, 0) is 12.1 Å². The van der Waals surface area contributed by atoms with Gasteiger partial charge in [-0.1, -0.05) is 0 Å². The van der Waals surface area contributed by atoms with Crippen LogP contribution < -0.4 is 4.74 Å². The number of aliphatic carboxylic acids is 1. The van der Waals surface area contributed by atoms with Crippen molar-refractivity contribution in [2.75, 3.05) is 6.61 Å². The zero-order valence-electron chi connectivity index (χ0n) is 18.4. The van der Waals surface area contributed by atoms with E-state index < -0.39 is 89.3 Å². The van der Waals surface area contributed by atoms with Crippen molar-refractivity contribution >= 4 is 22.1 Å². The number of nitrogens with zero attached hydrogens (tertiary/aromatic N) is 1. The van der Waals surface area contributed by atoms with Crippen LogP contribution in [0, 0.1) is 10.1 Å². The third kappa shape index (κ3) is 6.86. The molecule has 0 radical (unpaired) electrons. The molecule has 1 aromatic carbocycles. The number of rotatable bonds is 9. The van der Waals surface area contributed by atoms with Gasteiger partial charge in [-0.25, -0.2) is 8.98 Å². The van der Waals surface area contributed by atoms with Crippen LogP contribution in [0.3, 0.4) is 0 Å². The Kier molecular flexibility index (Phi) is 8.97. The molecular formula is C18H23NO17S. The van der Waals surface area contributed by atoms with E-state index in [9.17, 15) is 48.9 Å². The van der Waals surface area contributed by atoms with Gasteiger partial charge in [0.05, 0.1) is 11.5 Å². The van der Waals surface area contributed by atoms with Crippen molar-refractivity contribution < 1.29 is 76.5 Å². The number of ether oxygens (including phenoxy) is 4. The maximum absolute atomic E-state index is 11.3. The largest absolute Gasteiger partial charge is 0.479 e. The topological polar surface area (TPSA) is 282 Å². The van der Waals surface area contributed by atoms with Crippen molar-refractivity contribution in [3.8, 4) is 5.75 Å². The molecule has 0 unspecified atom stereocenters. The Morgan fingerprint density at radius 3 is 2.08 bits per heavy atom. The van der Waals surface area contributed by atoms with Crippen molar-refractivity contribution in [3.05, 3.63) is 34.4 Å². The van der Waals surface area contributed by atoms with Crippen LogP contribution in [0.15, 0.2) is 24.3 Å². The molecule has 19 heteroatoms. The molecule has 2 aliphatic rings. The number of carboxylic acid groups (broad SMARTS) is 1. The summed E-state index contributed by atoms with van der Waals surface area (Å²) in [5.74, 6) is -1.82. The molecule has 1 aromatic rings. The maximum Gasteiger partial charge on any atom is 0.397 e. The molecule has 3 rings (SSSR count). The van der Waals surface area contributed by atoms with Crippen LogP contribution in [-0.4, -0.2) is 123 Å². The first-order valence-corrected chi connectivity index (χ1v) is 11.7. The summed E-state index contributed by atoms with van der Waals surface area (Å²) in [4.78, 5) is 21.4. The van der Waals surface area contributed by atoms with Crippen LogP contribution in [-0.2, 0) is 33.6 Å². The minimum absolute atomic E-state index is 0.0805. The standard InChI is InChI=1S/C18H23NO17S/c20-9-10(21)15(16(25)26)36-18(12(9)23)35-14-8(5-32-37(29,30)31)34-17(13(24)11(14)22)33-7-3-1-6(2-4-7)19(27)28/h1-4,8-15,17-18,20-24H,5H2,(H,25,26)(H,29,30,31)/t8-,9+,10+,11-,12-,13-,14-,15+,17-,18-/m1/s1. The number of nitro groups is 1. The van der Waals surface area contributed by atoms with Crippen molar-refractivity contribution in [3.63, 3.8) is 0 Å². The highest BCUT2D eigenvalue weighted by Gasteiger charge is 2.52. The third-order valence-corrected chi connectivity index (χ3v) is 5.86. The number of aliphatic hydroxyl groups is 5. The molecule has 18 nitrogen and oxygen atoms in total. The third-order valence-electron chi connectivity index (χ3n) is 5.43. The maximum atomic E-state index is 11.3. The van der Waals surface area contributed by atoms with Gasteiger partial charge in [-0.3, -0.25) is 14.7 Å². The molecular weight excluding hydrogens is 534 g/mol. The summed E-state index contributed by atoms with van der Waals surface area (Å²) in [5.41, 5.74) is -0.289. The molecule has 208 valence electrons. The highest BCUT2D eigenvalue weighted by molar-refractivity contribution is 7.80. The second-order valence-corrected chi connectivity index (χ2v) is 9.03. The van der Waals surface area contributed by atoms with Crippen LogP contribution in [0.2, 0.25) is 0 Å². The predicted molar refractivity (Wildman–Crippen MR) is 111 cm³/mol. The average molecular weight is 557 g/mol. The minimum Gasteiger partial charge on any atom is -0.479 e. The van der Waals surface area contributed by atoms with E-state index in [2.05, 4.69) is 4.18 Å². The second kappa shape index (κ2) is 11.4. The SMILES string of the molecule is O=C(O)[C@H]1O[C@@H](O[C@H]2[C@H](O)[C@@H](O)[C@H](Oc3ccc([N+](=O)[O-])cc3)O[C@@H]2COS(=O)(=O)O)[C@H](O)[C@@H](O)[C@@H]1O. The monoisotopic (exact) mass is 557 g/mol. The molecule has 0 bridgehead atoms. The van der Waals surface area contributed by atoms with Gasteiger partial charge in [0.2, 0.25) is 6.29 Å². The van der Waals surface area contributed by atoms with Crippen LogP contribution in [0.1, 0.15) is 0 Å². The van der Waals surface area contributed by atoms with E-state index in [4.69, 9.17) is 28.6 Å². The van der Waals surface area contributed by atoms with Gasteiger partial charge in [0.15, 0.2) is 12.4 Å². The number of hydrogen-bond acceptors (Lipinski definition) is 15. The van der Waals surface area contributed by atoms with Gasteiger partial charge < -0.3 is 49.6 Å². The number of benzene rings is 1. The Balaban J connectivity index is 1.82. The Morgan fingerprint density at radius 2 is 1.54 bits per heavy atom. The van der Waals surface area contributed by atoms with E-state index in [0.717, 1.165) is 24.3 Å². The van der Waals surface area contributed by atoms with Crippen molar-refractivity contribution in [1.82, 2.24) is 0 Å². The zero-order chi connectivity index (χ0) is 27.7. The summed E-state index contributed by atoms with van der Waals surface area (Å²) < 4.78 is 56.3. The van der Waals surface area contributed by atoms with Crippen molar-refractivity contribution in [2.45, 2.75) is 61.4 Å². The van der Waals surface area contributed by atoms with Crippen LogP contribution >= 0.6 is 0 Å². The molecule has 2 fully saturated rings. The molecule has 7 N–H and O–H groups in total. The highest BCUT2D eigenvalue weighted by Crippen LogP contribution is 2.31. The van der Waals surface area contributed by atoms with Gasteiger partial charge >= 0.3 is 16.4 Å². The summed E-state index contributed by atoms with van der Waals surface area (Å²) in [6.07, 6.45) is -19.7. The summed E-state index contributed by atoms with van der Waals surface area (Å²) in [7, 11) is -5.06. The summed E-state index contributed by atoms with van der Waals surface area (Å²) in [5, 5.41) is 71.0. The predicted octanol–water partition coefficient (Wildman–Crippen LogP) is -3.48. The van der Waals surface area contributed by atoms with Gasteiger partial charge in [0, 0.05) is 12.1 Å². The number of nitro benzene ring substituents is 1. The molecule has 0 aliphatic carbocycles. The molecule has 2 saturated heterocycles. The smallest absolute Gasteiger partial charge is 0.397 e. The fourth-order valence-electron chi connectivity index (χ4n) is 3.56. The number of hydrogen-bond donors (Lipinski definition) is 7. The molecule has 0 spiro atoms. The van der Waals surface area contributed by atoms with Crippen LogP contribution in [0.25, 0.3) is 0 Å². The van der Waals surface area contributed by atoms with Gasteiger partial charge in [0.1, 0.15) is 48.5 Å². The second-order valence-electron chi connectivity index (χ2n) is 7.94. The Hall–Kier alpha value is -2.56.